The number of methoxy groups -OCH3 is 1. The quantitative estimate of drug-likeness (QED) is 0.823. The van der Waals surface area contributed by atoms with Crippen LogP contribution < -0.4 is 5.73 Å². The van der Waals surface area contributed by atoms with E-state index in [1.54, 1.807) is 19.1 Å². The van der Waals surface area contributed by atoms with Crippen molar-refractivity contribution in [2.75, 3.05) is 7.11 Å². The predicted molar refractivity (Wildman–Crippen MR) is 57.7 cm³/mol. The summed E-state index contributed by atoms with van der Waals surface area (Å²) in [7, 11) is 1.32. The lowest BCUT2D eigenvalue weighted by Crippen LogP contribution is -2.42. The average Bonchev–Trinajstić information content (AvgIpc) is 2.16. The van der Waals surface area contributed by atoms with Gasteiger partial charge in [-0.25, -0.2) is 4.79 Å². The molecule has 0 aromatic heterocycles. The summed E-state index contributed by atoms with van der Waals surface area (Å²) in [6.07, 6.45) is 0. The summed E-state index contributed by atoms with van der Waals surface area (Å²) in [4.78, 5) is 11.4. The number of halogens is 1. The third-order valence-electron chi connectivity index (χ3n) is 2.03. The highest BCUT2D eigenvalue weighted by molar-refractivity contribution is 9.10. The molecule has 0 fully saturated rings. The number of carbonyl (C=O) groups excluding carboxylic acids is 1. The van der Waals surface area contributed by atoms with Gasteiger partial charge >= 0.3 is 5.97 Å². The molecule has 0 bridgehead atoms. The van der Waals surface area contributed by atoms with Crippen LogP contribution in [0.25, 0.3) is 0 Å². The van der Waals surface area contributed by atoms with Crippen molar-refractivity contribution in [1.82, 2.24) is 0 Å². The molecule has 1 rings (SSSR count). The molecule has 0 heterocycles. The van der Waals surface area contributed by atoms with Gasteiger partial charge in [0.2, 0.25) is 0 Å². The van der Waals surface area contributed by atoms with Crippen molar-refractivity contribution in [3.8, 4) is 0 Å². The van der Waals surface area contributed by atoms with Crippen LogP contribution in [-0.4, -0.2) is 13.1 Å². The van der Waals surface area contributed by atoms with Gasteiger partial charge in [-0.2, -0.15) is 0 Å². The highest BCUT2D eigenvalue weighted by Crippen LogP contribution is 2.22. The summed E-state index contributed by atoms with van der Waals surface area (Å²) in [5, 5.41) is 0. The summed E-state index contributed by atoms with van der Waals surface area (Å²) >= 11 is 3.32. The Balaban J connectivity index is 3.09. The van der Waals surface area contributed by atoms with E-state index in [4.69, 9.17) is 5.73 Å². The molecule has 0 spiro atoms. The normalized spacial score (nSPS) is 14.6. The largest absolute Gasteiger partial charge is 0.467 e. The van der Waals surface area contributed by atoms with Crippen molar-refractivity contribution in [2.45, 2.75) is 12.5 Å². The lowest BCUT2D eigenvalue weighted by molar-refractivity contribution is -0.146. The summed E-state index contributed by atoms with van der Waals surface area (Å²) in [6, 6.07) is 7.29. The topological polar surface area (TPSA) is 52.3 Å². The molecule has 0 unspecified atom stereocenters. The SMILES string of the molecule is COC(=O)[C@](C)(N)c1cccc(Br)c1. The lowest BCUT2D eigenvalue weighted by Gasteiger charge is -2.21. The molecule has 0 radical (unpaired) electrons. The van der Waals surface area contributed by atoms with Crippen LogP contribution in [0.2, 0.25) is 0 Å². The number of rotatable bonds is 2. The van der Waals surface area contributed by atoms with Gasteiger partial charge in [0.1, 0.15) is 5.54 Å². The Hall–Kier alpha value is -0.870. The van der Waals surface area contributed by atoms with Gasteiger partial charge in [-0.15, -0.1) is 0 Å². The first-order valence-electron chi connectivity index (χ1n) is 4.12. The van der Waals surface area contributed by atoms with E-state index in [-0.39, 0.29) is 0 Å². The zero-order valence-corrected chi connectivity index (χ0v) is 9.67. The van der Waals surface area contributed by atoms with Gasteiger partial charge < -0.3 is 10.5 Å². The molecule has 0 amide bonds. The first-order valence-corrected chi connectivity index (χ1v) is 4.91. The predicted octanol–water partition coefficient (Wildman–Crippen LogP) is 1.80. The van der Waals surface area contributed by atoms with Crippen molar-refractivity contribution in [3.63, 3.8) is 0 Å². The molecule has 76 valence electrons. The number of carbonyl (C=O) groups is 1. The molecule has 0 saturated heterocycles. The number of esters is 1. The van der Waals surface area contributed by atoms with Crippen molar-refractivity contribution in [1.29, 1.82) is 0 Å². The Morgan fingerprint density at radius 1 is 1.57 bits per heavy atom. The minimum absolute atomic E-state index is 0.449. The lowest BCUT2D eigenvalue weighted by atomic mass is 9.93. The molecule has 1 aromatic carbocycles. The molecule has 0 aliphatic carbocycles. The van der Waals surface area contributed by atoms with Crippen LogP contribution in [0.4, 0.5) is 0 Å². The van der Waals surface area contributed by atoms with Gasteiger partial charge in [-0.1, -0.05) is 28.1 Å². The first-order chi connectivity index (χ1) is 6.48. The van der Waals surface area contributed by atoms with E-state index in [1.807, 2.05) is 12.1 Å². The van der Waals surface area contributed by atoms with Crippen molar-refractivity contribution in [2.24, 2.45) is 5.73 Å². The van der Waals surface area contributed by atoms with Crippen LogP contribution >= 0.6 is 15.9 Å². The van der Waals surface area contributed by atoms with Crippen LogP contribution in [0, 0.1) is 0 Å². The molecule has 1 aromatic rings. The Kier molecular flexibility index (Phi) is 3.29. The summed E-state index contributed by atoms with van der Waals surface area (Å²) in [6.45, 7) is 1.63. The first kappa shape index (κ1) is 11.2. The van der Waals surface area contributed by atoms with Gasteiger partial charge in [0.05, 0.1) is 7.11 Å². The fourth-order valence-electron chi connectivity index (χ4n) is 1.14. The molecular formula is C10H12BrNO2. The second-order valence-electron chi connectivity index (χ2n) is 3.20. The summed E-state index contributed by atoms with van der Waals surface area (Å²) in [5.41, 5.74) is 5.49. The fourth-order valence-corrected chi connectivity index (χ4v) is 1.54. The fraction of sp³-hybridized carbons (Fsp3) is 0.300. The van der Waals surface area contributed by atoms with E-state index in [0.29, 0.717) is 0 Å². The third kappa shape index (κ3) is 2.13. The van der Waals surface area contributed by atoms with Crippen molar-refractivity contribution >= 4 is 21.9 Å². The minimum atomic E-state index is -1.10. The van der Waals surface area contributed by atoms with E-state index < -0.39 is 11.5 Å². The van der Waals surface area contributed by atoms with Crippen LogP contribution in [-0.2, 0) is 15.1 Å². The van der Waals surface area contributed by atoms with E-state index >= 15 is 0 Å². The Bertz CT molecular complexity index is 350. The maximum absolute atomic E-state index is 11.4. The Labute approximate surface area is 91.4 Å². The molecule has 3 nitrogen and oxygen atoms in total. The van der Waals surface area contributed by atoms with Gasteiger partial charge in [0.25, 0.3) is 0 Å². The second kappa shape index (κ2) is 4.11. The number of hydrogen-bond acceptors (Lipinski definition) is 3. The van der Waals surface area contributed by atoms with Crippen molar-refractivity contribution < 1.29 is 9.53 Å². The van der Waals surface area contributed by atoms with Gasteiger partial charge in [-0.3, -0.25) is 0 Å². The molecule has 0 aliphatic rings. The zero-order valence-electron chi connectivity index (χ0n) is 8.08. The van der Waals surface area contributed by atoms with E-state index in [2.05, 4.69) is 20.7 Å². The van der Waals surface area contributed by atoms with Crippen LogP contribution in [0.15, 0.2) is 28.7 Å². The highest BCUT2D eigenvalue weighted by Gasteiger charge is 2.31. The maximum Gasteiger partial charge on any atom is 0.330 e. The molecule has 4 heteroatoms. The third-order valence-corrected chi connectivity index (χ3v) is 2.53. The number of ether oxygens (including phenoxy) is 1. The van der Waals surface area contributed by atoms with Gasteiger partial charge in [0.15, 0.2) is 0 Å². The Morgan fingerprint density at radius 2 is 2.21 bits per heavy atom. The average molecular weight is 258 g/mol. The molecule has 0 saturated carbocycles. The van der Waals surface area contributed by atoms with E-state index in [1.165, 1.54) is 7.11 Å². The zero-order chi connectivity index (χ0) is 10.8. The molecule has 1 atom stereocenters. The monoisotopic (exact) mass is 257 g/mol. The van der Waals surface area contributed by atoms with Crippen LogP contribution in [0.1, 0.15) is 12.5 Å². The molecule has 2 N–H and O–H groups in total. The van der Waals surface area contributed by atoms with Crippen LogP contribution in [0.3, 0.4) is 0 Å². The standard InChI is InChI=1S/C10H12BrNO2/c1-10(12,9(13)14-2)7-4-3-5-8(11)6-7/h3-6H,12H2,1-2H3/t10-/m1/s1. The molecule has 0 aliphatic heterocycles. The molecular weight excluding hydrogens is 246 g/mol. The smallest absolute Gasteiger partial charge is 0.330 e. The Morgan fingerprint density at radius 3 is 2.71 bits per heavy atom. The van der Waals surface area contributed by atoms with Crippen molar-refractivity contribution in [3.05, 3.63) is 34.3 Å². The minimum Gasteiger partial charge on any atom is -0.467 e. The van der Waals surface area contributed by atoms with E-state index in [0.717, 1.165) is 10.0 Å². The number of hydrogen-bond donors (Lipinski definition) is 1. The second-order valence-corrected chi connectivity index (χ2v) is 4.12. The number of benzene rings is 1. The highest BCUT2D eigenvalue weighted by atomic mass is 79.9. The maximum atomic E-state index is 11.4. The van der Waals surface area contributed by atoms with Gasteiger partial charge in [-0.05, 0) is 24.6 Å². The van der Waals surface area contributed by atoms with Crippen LogP contribution in [0.5, 0.6) is 0 Å². The molecule has 14 heavy (non-hydrogen) atoms. The number of nitrogens with two attached hydrogens (primary N) is 1. The summed E-state index contributed by atoms with van der Waals surface area (Å²) in [5.74, 6) is -0.449. The van der Waals surface area contributed by atoms with E-state index in [9.17, 15) is 4.79 Å². The van der Waals surface area contributed by atoms with Gasteiger partial charge in [0, 0.05) is 4.47 Å². The summed E-state index contributed by atoms with van der Waals surface area (Å²) < 4.78 is 5.51.